The van der Waals surface area contributed by atoms with E-state index in [1.54, 1.807) is 18.2 Å². The van der Waals surface area contributed by atoms with Gasteiger partial charge >= 0.3 is 0 Å². The first-order valence-corrected chi connectivity index (χ1v) is 6.26. The Labute approximate surface area is 107 Å². The lowest BCUT2D eigenvalue weighted by atomic mass is 10.2. The highest BCUT2D eigenvalue weighted by Crippen LogP contribution is 2.17. The fourth-order valence-corrected chi connectivity index (χ4v) is 2.15. The van der Waals surface area contributed by atoms with Crippen LogP contribution in [0.2, 0.25) is 0 Å². The number of carbonyl (C=O) groups is 1. The van der Waals surface area contributed by atoms with Crippen molar-refractivity contribution in [1.29, 1.82) is 0 Å². The molecule has 0 aromatic heterocycles. The lowest BCUT2D eigenvalue weighted by Gasteiger charge is -2.16. The van der Waals surface area contributed by atoms with Crippen LogP contribution in [0.25, 0.3) is 0 Å². The van der Waals surface area contributed by atoms with Crippen LogP contribution in [-0.4, -0.2) is 37.0 Å². The summed E-state index contributed by atoms with van der Waals surface area (Å²) in [6.07, 6.45) is 2.54. The molecule has 0 saturated carbocycles. The number of nitrogens with one attached hydrogen (secondary N) is 1. The van der Waals surface area contributed by atoms with Gasteiger partial charge in [-0.1, -0.05) is 12.1 Å². The van der Waals surface area contributed by atoms with Gasteiger partial charge in [0.05, 0.1) is 5.56 Å². The van der Waals surface area contributed by atoms with E-state index in [4.69, 9.17) is 10.6 Å². The highest BCUT2D eigenvalue weighted by Gasteiger charge is 2.13. The minimum Gasteiger partial charge on any atom is -0.491 e. The van der Waals surface area contributed by atoms with Crippen molar-refractivity contribution < 1.29 is 9.53 Å². The van der Waals surface area contributed by atoms with E-state index in [1.807, 2.05) is 6.07 Å². The topological polar surface area (TPSA) is 67.6 Å². The number of likely N-dealkylation sites (tertiary alicyclic amines) is 1. The molecule has 1 aliphatic heterocycles. The number of nitrogens with two attached hydrogens (primary N) is 1. The highest BCUT2D eigenvalue weighted by atomic mass is 16.5. The van der Waals surface area contributed by atoms with Gasteiger partial charge in [0.1, 0.15) is 12.4 Å². The number of hydrazine groups is 1. The molecule has 0 aliphatic carbocycles. The maximum Gasteiger partial charge on any atom is 0.268 e. The first-order valence-electron chi connectivity index (χ1n) is 6.26. The van der Waals surface area contributed by atoms with Crippen molar-refractivity contribution in [3.8, 4) is 5.75 Å². The van der Waals surface area contributed by atoms with Crippen molar-refractivity contribution >= 4 is 5.91 Å². The summed E-state index contributed by atoms with van der Waals surface area (Å²) in [6.45, 7) is 3.79. The molecule has 0 unspecified atom stereocenters. The predicted molar refractivity (Wildman–Crippen MR) is 69.3 cm³/mol. The molecule has 5 heteroatoms. The van der Waals surface area contributed by atoms with Gasteiger partial charge in [-0.3, -0.25) is 15.1 Å². The molecular weight excluding hydrogens is 230 g/mol. The van der Waals surface area contributed by atoms with Crippen molar-refractivity contribution in [3.05, 3.63) is 29.8 Å². The Morgan fingerprint density at radius 2 is 2.06 bits per heavy atom. The third-order valence-electron chi connectivity index (χ3n) is 3.13. The van der Waals surface area contributed by atoms with Gasteiger partial charge in [-0.15, -0.1) is 0 Å². The fourth-order valence-electron chi connectivity index (χ4n) is 2.15. The highest BCUT2D eigenvalue weighted by molar-refractivity contribution is 5.96. The minimum absolute atomic E-state index is 0.327. The van der Waals surface area contributed by atoms with Crippen LogP contribution in [0.3, 0.4) is 0 Å². The first-order chi connectivity index (χ1) is 8.81. The molecule has 0 spiro atoms. The van der Waals surface area contributed by atoms with E-state index in [0.29, 0.717) is 17.9 Å². The Kier molecular flexibility index (Phi) is 4.55. The average molecular weight is 249 g/mol. The van der Waals surface area contributed by atoms with E-state index < -0.39 is 0 Å². The molecule has 5 nitrogen and oxygen atoms in total. The van der Waals surface area contributed by atoms with Crippen LogP contribution < -0.4 is 16.0 Å². The number of hydrogen-bond acceptors (Lipinski definition) is 4. The zero-order valence-corrected chi connectivity index (χ0v) is 10.4. The van der Waals surface area contributed by atoms with Crippen molar-refractivity contribution in [1.82, 2.24) is 10.3 Å². The molecule has 18 heavy (non-hydrogen) atoms. The smallest absolute Gasteiger partial charge is 0.268 e. The summed E-state index contributed by atoms with van der Waals surface area (Å²) in [5.74, 6) is 5.39. The van der Waals surface area contributed by atoms with E-state index in [0.717, 1.165) is 19.6 Å². The molecular formula is C13H19N3O2. The van der Waals surface area contributed by atoms with E-state index in [9.17, 15) is 4.79 Å². The summed E-state index contributed by atoms with van der Waals surface area (Å²) in [5, 5.41) is 0. The van der Waals surface area contributed by atoms with Crippen LogP contribution in [-0.2, 0) is 0 Å². The summed E-state index contributed by atoms with van der Waals surface area (Å²) < 4.78 is 5.66. The maximum absolute atomic E-state index is 11.5. The summed E-state index contributed by atoms with van der Waals surface area (Å²) in [6, 6.07) is 7.12. The largest absolute Gasteiger partial charge is 0.491 e. The molecule has 1 heterocycles. The van der Waals surface area contributed by atoms with Crippen LogP contribution in [0, 0.1) is 0 Å². The Morgan fingerprint density at radius 1 is 1.33 bits per heavy atom. The van der Waals surface area contributed by atoms with Gasteiger partial charge in [-0.05, 0) is 38.1 Å². The number of para-hydroxylation sites is 1. The van der Waals surface area contributed by atoms with Crippen molar-refractivity contribution in [2.24, 2.45) is 5.84 Å². The molecule has 1 aromatic rings. The van der Waals surface area contributed by atoms with Crippen molar-refractivity contribution in [2.75, 3.05) is 26.2 Å². The number of nitrogen functional groups attached to an aromatic ring is 1. The second-order valence-corrected chi connectivity index (χ2v) is 4.37. The van der Waals surface area contributed by atoms with E-state index in [1.165, 1.54) is 12.8 Å². The third-order valence-corrected chi connectivity index (χ3v) is 3.13. The number of ether oxygens (including phenoxy) is 1. The Morgan fingerprint density at radius 3 is 2.78 bits per heavy atom. The number of nitrogens with zero attached hydrogens (tertiary/aromatic N) is 1. The predicted octanol–water partition coefficient (Wildman–Crippen LogP) is 0.765. The number of amides is 1. The average Bonchev–Trinajstić information content (AvgIpc) is 2.92. The van der Waals surface area contributed by atoms with Gasteiger partial charge in [0, 0.05) is 6.54 Å². The van der Waals surface area contributed by atoms with Gasteiger partial charge in [0.2, 0.25) is 0 Å². The molecule has 1 saturated heterocycles. The monoisotopic (exact) mass is 249 g/mol. The second-order valence-electron chi connectivity index (χ2n) is 4.37. The third kappa shape index (κ3) is 3.21. The van der Waals surface area contributed by atoms with Crippen LogP contribution in [0.4, 0.5) is 0 Å². The van der Waals surface area contributed by atoms with Crippen LogP contribution in [0.15, 0.2) is 24.3 Å². The van der Waals surface area contributed by atoms with Crippen LogP contribution >= 0.6 is 0 Å². The zero-order valence-electron chi connectivity index (χ0n) is 10.4. The molecule has 0 bridgehead atoms. The zero-order chi connectivity index (χ0) is 12.8. The molecule has 0 atom stereocenters. The molecule has 1 aromatic carbocycles. The summed E-state index contributed by atoms with van der Waals surface area (Å²) in [7, 11) is 0. The molecule has 98 valence electrons. The summed E-state index contributed by atoms with van der Waals surface area (Å²) in [5.41, 5.74) is 2.60. The van der Waals surface area contributed by atoms with E-state index in [2.05, 4.69) is 10.3 Å². The Balaban J connectivity index is 1.89. The number of carbonyl (C=O) groups excluding carboxylic acids is 1. The van der Waals surface area contributed by atoms with Gasteiger partial charge in [0.15, 0.2) is 0 Å². The van der Waals surface area contributed by atoms with E-state index in [-0.39, 0.29) is 5.91 Å². The fraction of sp³-hybridized carbons (Fsp3) is 0.462. The summed E-state index contributed by atoms with van der Waals surface area (Å²) in [4.78, 5) is 13.9. The maximum atomic E-state index is 11.5. The Bertz CT molecular complexity index is 403. The van der Waals surface area contributed by atoms with Crippen LogP contribution in [0.1, 0.15) is 23.2 Å². The molecule has 1 amide bonds. The van der Waals surface area contributed by atoms with Gasteiger partial charge in [0.25, 0.3) is 5.91 Å². The standard InChI is InChI=1S/C13H19N3O2/c14-15-13(17)11-5-1-2-6-12(11)18-10-9-16-7-3-4-8-16/h1-2,5-6H,3-4,7-10,14H2,(H,15,17). The molecule has 2 rings (SSSR count). The second kappa shape index (κ2) is 6.37. The number of hydrogen-bond donors (Lipinski definition) is 2. The van der Waals surface area contributed by atoms with Gasteiger partial charge < -0.3 is 4.74 Å². The SMILES string of the molecule is NNC(=O)c1ccccc1OCCN1CCCC1. The molecule has 1 fully saturated rings. The summed E-state index contributed by atoms with van der Waals surface area (Å²) >= 11 is 0. The molecule has 3 N–H and O–H groups in total. The number of rotatable bonds is 5. The lowest BCUT2D eigenvalue weighted by Crippen LogP contribution is -2.30. The Hall–Kier alpha value is -1.59. The van der Waals surface area contributed by atoms with Gasteiger partial charge in [-0.2, -0.15) is 0 Å². The molecule has 1 aliphatic rings. The molecule has 0 radical (unpaired) electrons. The van der Waals surface area contributed by atoms with E-state index >= 15 is 0 Å². The number of benzene rings is 1. The normalized spacial score (nSPS) is 15.6. The minimum atomic E-state index is -0.327. The van der Waals surface area contributed by atoms with Crippen LogP contribution in [0.5, 0.6) is 5.75 Å². The lowest BCUT2D eigenvalue weighted by molar-refractivity contribution is 0.0949. The van der Waals surface area contributed by atoms with Crippen molar-refractivity contribution in [3.63, 3.8) is 0 Å². The van der Waals surface area contributed by atoms with Crippen molar-refractivity contribution in [2.45, 2.75) is 12.8 Å². The quantitative estimate of drug-likeness (QED) is 0.459. The first kappa shape index (κ1) is 12.9. The van der Waals surface area contributed by atoms with Gasteiger partial charge in [-0.25, -0.2) is 5.84 Å².